The highest BCUT2D eigenvalue weighted by Gasteiger charge is 2.20. The lowest BCUT2D eigenvalue weighted by molar-refractivity contribution is -0.128. The van der Waals surface area contributed by atoms with Crippen molar-refractivity contribution in [1.82, 2.24) is 10.2 Å². The molecular formula is C20H21Cl2N3O2. The molecule has 7 heteroatoms. The molecule has 2 N–H and O–H groups in total. The summed E-state index contributed by atoms with van der Waals surface area (Å²) in [6, 6.07) is 12.2. The van der Waals surface area contributed by atoms with Gasteiger partial charge in [-0.05, 0) is 48.7 Å². The van der Waals surface area contributed by atoms with Crippen LogP contribution in [0.2, 0.25) is 10.0 Å². The predicted molar refractivity (Wildman–Crippen MR) is 108 cm³/mol. The van der Waals surface area contributed by atoms with Gasteiger partial charge >= 0.3 is 6.03 Å². The zero-order valence-corrected chi connectivity index (χ0v) is 16.5. The van der Waals surface area contributed by atoms with Crippen molar-refractivity contribution < 1.29 is 9.59 Å². The van der Waals surface area contributed by atoms with Crippen molar-refractivity contribution in [2.24, 2.45) is 0 Å². The van der Waals surface area contributed by atoms with Gasteiger partial charge in [-0.25, -0.2) is 4.79 Å². The van der Waals surface area contributed by atoms with Crippen LogP contribution in [0.5, 0.6) is 0 Å². The summed E-state index contributed by atoms with van der Waals surface area (Å²) in [5, 5.41) is 6.64. The molecule has 0 unspecified atom stereocenters. The number of hydrogen-bond acceptors (Lipinski definition) is 2. The van der Waals surface area contributed by atoms with Gasteiger partial charge in [0.15, 0.2) is 0 Å². The van der Waals surface area contributed by atoms with Gasteiger partial charge in [0.1, 0.15) is 0 Å². The van der Waals surface area contributed by atoms with Crippen molar-refractivity contribution in [3.8, 4) is 0 Å². The lowest BCUT2D eigenvalue weighted by Crippen LogP contribution is -2.31. The first-order valence-electron chi connectivity index (χ1n) is 8.81. The van der Waals surface area contributed by atoms with Crippen LogP contribution in [-0.4, -0.2) is 23.4 Å². The highest BCUT2D eigenvalue weighted by atomic mass is 35.5. The zero-order chi connectivity index (χ0) is 19.4. The number of likely N-dealkylation sites (tertiary alicyclic amines) is 1. The molecule has 0 aromatic heterocycles. The van der Waals surface area contributed by atoms with Crippen molar-refractivity contribution in [3.05, 3.63) is 63.6 Å². The maximum Gasteiger partial charge on any atom is 0.319 e. The molecular weight excluding hydrogens is 385 g/mol. The summed E-state index contributed by atoms with van der Waals surface area (Å²) in [5.41, 5.74) is 2.53. The number of nitrogens with zero attached hydrogens (tertiary/aromatic N) is 1. The highest BCUT2D eigenvalue weighted by Crippen LogP contribution is 2.25. The van der Waals surface area contributed by atoms with Gasteiger partial charge in [-0.15, -0.1) is 0 Å². The van der Waals surface area contributed by atoms with Crippen LogP contribution in [0, 0.1) is 0 Å². The summed E-state index contributed by atoms with van der Waals surface area (Å²) in [6.07, 6.45) is 1.53. The van der Waals surface area contributed by atoms with Crippen LogP contribution in [0.25, 0.3) is 0 Å². The normalized spacial score (nSPS) is 14.9. The molecule has 1 heterocycles. The minimum atomic E-state index is -0.317. The fourth-order valence-corrected chi connectivity index (χ4v) is 3.37. The molecule has 2 aromatic rings. The Kier molecular flexibility index (Phi) is 6.24. The van der Waals surface area contributed by atoms with E-state index in [4.69, 9.17) is 23.2 Å². The fourth-order valence-electron chi connectivity index (χ4n) is 3.07. The number of nitrogens with one attached hydrogen (secondary N) is 2. The van der Waals surface area contributed by atoms with Crippen LogP contribution in [0.1, 0.15) is 36.9 Å². The first kappa shape index (κ1) is 19.5. The number of amides is 3. The maximum absolute atomic E-state index is 12.3. The lowest BCUT2D eigenvalue weighted by atomic mass is 10.1. The van der Waals surface area contributed by atoms with Crippen LogP contribution in [-0.2, 0) is 11.3 Å². The predicted octanol–water partition coefficient (Wildman–Crippen LogP) is 5.00. The Labute approximate surface area is 168 Å². The molecule has 0 bridgehead atoms. The Morgan fingerprint density at radius 2 is 2.00 bits per heavy atom. The molecule has 142 valence electrons. The van der Waals surface area contributed by atoms with E-state index in [1.165, 1.54) is 0 Å². The Hall–Kier alpha value is -2.24. The third-order valence-electron chi connectivity index (χ3n) is 4.52. The molecule has 1 aliphatic heterocycles. The number of carbonyl (C=O) groups is 2. The van der Waals surface area contributed by atoms with Gasteiger partial charge in [0.25, 0.3) is 0 Å². The number of halogens is 2. The van der Waals surface area contributed by atoms with E-state index in [0.717, 1.165) is 24.1 Å². The number of carbonyl (C=O) groups excluding carboxylic acids is 2. The molecule has 1 fully saturated rings. The lowest BCUT2D eigenvalue weighted by Gasteiger charge is -2.17. The van der Waals surface area contributed by atoms with Gasteiger partial charge in [-0.3, -0.25) is 4.79 Å². The largest absolute Gasteiger partial charge is 0.338 e. The average Bonchev–Trinajstić information content (AvgIpc) is 3.02. The van der Waals surface area contributed by atoms with E-state index in [2.05, 4.69) is 10.6 Å². The maximum atomic E-state index is 12.3. The van der Waals surface area contributed by atoms with E-state index in [1.54, 1.807) is 12.1 Å². The van der Waals surface area contributed by atoms with Crippen molar-refractivity contribution in [1.29, 1.82) is 0 Å². The smallest absolute Gasteiger partial charge is 0.319 e. The van der Waals surface area contributed by atoms with Crippen molar-refractivity contribution >= 4 is 40.8 Å². The minimum absolute atomic E-state index is 0.182. The number of anilines is 1. The van der Waals surface area contributed by atoms with Gasteiger partial charge in [0.2, 0.25) is 5.91 Å². The van der Waals surface area contributed by atoms with Crippen LogP contribution < -0.4 is 10.6 Å². The summed E-state index contributed by atoms with van der Waals surface area (Å²) >= 11 is 12.0. The number of hydrogen-bond donors (Lipinski definition) is 2. The Morgan fingerprint density at radius 1 is 1.19 bits per heavy atom. The molecule has 2 aromatic carbocycles. The quantitative estimate of drug-likeness (QED) is 0.734. The van der Waals surface area contributed by atoms with E-state index in [0.29, 0.717) is 28.7 Å². The monoisotopic (exact) mass is 405 g/mol. The van der Waals surface area contributed by atoms with Crippen LogP contribution in [0.3, 0.4) is 0 Å². The van der Waals surface area contributed by atoms with E-state index < -0.39 is 0 Å². The summed E-state index contributed by atoms with van der Waals surface area (Å²) < 4.78 is 0. The molecule has 0 radical (unpaired) electrons. The molecule has 1 aliphatic rings. The molecule has 27 heavy (non-hydrogen) atoms. The zero-order valence-electron chi connectivity index (χ0n) is 15.0. The third kappa shape index (κ3) is 5.15. The van der Waals surface area contributed by atoms with Gasteiger partial charge in [-0.2, -0.15) is 0 Å². The van der Waals surface area contributed by atoms with E-state index in [9.17, 15) is 9.59 Å². The molecule has 0 saturated carbocycles. The second-order valence-corrected chi connectivity index (χ2v) is 7.43. The molecule has 3 rings (SSSR count). The standard InChI is InChI=1S/C20H21Cl2N3O2/c1-13(15-7-8-17(21)18(22)11-15)23-20(27)24-16-5-2-4-14(10-16)12-25-9-3-6-19(25)26/h2,4-5,7-8,10-11,13H,3,6,9,12H2,1H3,(H2,23,24,27)/t13-/m0/s1. The number of urea groups is 1. The molecule has 0 aliphatic carbocycles. The fraction of sp³-hybridized carbons (Fsp3) is 0.300. The van der Waals surface area contributed by atoms with Crippen LogP contribution >= 0.6 is 23.2 Å². The molecule has 1 atom stereocenters. The van der Waals surface area contributed by atoms with Gasteiger partial charge < -0.3 is 15.5 Å². The van der Waals surface area contributed by atoms with Gasteiger partial charge in [0.05, 0.1) is 16.1 Å². The van der Waals surface area contributed by atoms with Gasteiger partial charge in [-0.1, -0.05) is 41.4 Å². The minimum Gasteiger partial charge on any atom is -0.338 e. The van der Waals surface area contributed by atoms with E-state index >= 15 is 0 Å². The number of rotatable bonds is 5. The molecule has 0 spiro atoms. The SMILES string of the molecule is C[C@H](NC(=O)Nc1cccc(CN2CCCC2=O)c1)c1ccc(Cl)c(Cl)c1. The molecule has 3 amide bonds. The van der Waals surface area contributed by atoms with Crippen molar-refractivity contribution in [2.75, 3.05) is 11.9 Å². The second kappa shape index (κ2) is 8.63. The summed E-state index contributed by atoms with van der Waals surface area (Å²) in [7, 11) is 0. The van der Waals surface area contributed by atoms with Crippen molar-refractivity contribution in [2.45, 2.75) is 32.4 Å². The molecule has 1 saturated heterocycles. The summed E-state index contributed by atoms with van der Waals surface area (Å²) in [5.74, 6) is 0.182. The second-order valence-electron chi connectivity index (χ2n) is 6.61. The first-order chi connectivity index (χ1) is 12.9. The summed E-state index contributed by atoms with van der Waals surface area (Å²) in [4.78, 5) is 25.9. The van der Waals surface area contributed by atoms with Crippen LogP contribution in [0.15, 0.2) is 42.5 Å². The first-order valence-corrected chi connectivity index (χ1v) is 9.57. The van der Waals surface area contributed by atoms with E-state index in [-0.39, 0.29) is 18.0 Å². The Balaban J connectivity index is 1.59. The Bertz CT molecular complexity index is 857. The van der Waals surface area contributed by atoms with Crippen LogP contribution in [0.4, 0.5) is 10.5 Å². The topological polar surface area (TPSA) is 61.4 Å². The highest BCUT2D eigenvalue weighted by molar-refractivity contribution is 6.42. The molecule has 5 nitrogen and oxygen atoms in total. The average molecular weight is 406 g/mol. The van der Waals surface area contributed by atoms with Crippen molar-refractivity contribution in [3.63, 3.8) is 0 Å². The van der Waals surface area contributed by atoms with E-state index in [1.807, 2.05) is 42.2 Å². The Morgan fingerprint density at radius 3 is 2.70 bits per heavy atom. The number of benzene rings is 2. The van der Waals surface area contributed by atoms with Gasteiger partial charge in [0, 0.05) is 25.2 Å². The third-order valence-corrected chi connectivity index (χ3v) is 5.26. The summed E-state index contributed by atoms with van der Waals surface area (Å²) in [6.45, 7) is 3.22.